The Kier molecular flexibility index (Phi) is 2.32. The average molecular weight is 271 g/mol. The van der Waals surface area contributed by atoms with Crippen molar-refractivity contribution in [1.82, 2.24) is 19.6 Å². The van der Waals surface area contributed by atoms with Crippen LogP contribution in [0, 0.1) is 0 Å². The highest BCUT2D eigenvalue weighted by atomic mass is 32.1. The maximum atomic E-state index is 4.68. The van der Waals surface area contributed by atoms with E-state index in [4.69, 9.17) is 0 Å². The van der Waals surface area contributed by atoms with E-state index in [1.54, 1.807) is 17.5 Å². The van der Waals surface area contributed by atoms with Crippen LogP contribution in [0.5, 0.6) is 0 Å². The van der Waals surface area contributed by atoms with Crippen molar-refractivity contribution >= 4 is 21.4 Å². The zero-order valence-electron chi connectivity index (χ0n) is 10.5. The maximum Gasteiger partial charge on any atom is 0.214 e. The molecule has 0 unspecified atom stereocenters. The summed E-state index contributed by atoms with van der Waals surface area (Å²) in [6, 6.07) is 4.62. The third-order valence-corrected chi connectivity index (χ3v) is 4.44. The van der Waals surface area contributed by atoms with Gasteiger partial charge in [0, 0.05) is 31.0 Å². The SMILES string of the molecule is CN(c1nn2c(-c3cccnc3)cnc2s1)C1CC1. The molecule has 0 bridgehead atoms. The number of rotatable bonds is 3. The summed E-state index contributed by atoms with van der Waals surface area (Å²) < 4.78 is 1.91. The smallest absolute Gasteiger partial charge is 0.214 e. The van der Waals surface area contributed by atoms with E-state index in [1.807, 2.05) is 29.0 Å². The van der Waals surface area contributed by atoms with Crippen LogP contribution >= 0.6 is 11.3 Å². The molecule has 4 rings (SSSR count). The zero-order valence-corrected chi connectivity index (χ0v) is 11.3. The summed E-state index contributed by atoms with van der Waals surface area (Å²) >= 11 is 1.64. The third kappa shape index (κ3) is 1.79. The average Bonchev–Trinajstić information content (AvgIpc) is 3.09. The van der Waals surface area contributed by atoms with Gasteiger partial charge in [0.25, 0.3) is 0 Å². The van der Waals surface area contributed by atoms with Gasteiger partial charge in [-0.3, -0.25) is 4.98 Å². The molecule has 0 aliphatic heterocycles. The molecule has 3 aromatic heterocycles. The van der Waals surface area contributed by atoms with Crippen molar-refractivity contribution < 1.29 is 0 Å². The highest BCUT2D eigenvalue weighted by molar-refractivity contribution is 7.20. The second kappa shape index (κ2) is 4.03. The van der Waals surface area contributed by atoms with E-state index < -0.39 is 0 Å². The monoisotopic (exact) mass is 271 g/mol. The normalized spacial score (nSPS) is 15.0. The molecular weight excluding hydrogens is 258 g/mol. The van der Waals surface area contributed by atoms with Crippen molar-refractivity contribution in [2.24, 2.45) is 0 Å². The molecule has 0 atom stereocenters. The minimum Gasteiger partial charge on any atom is -0.347 e. The molecule has 0 spiro atoms. The molecule has 6 heteroatoms. The molecule has 96 valence electrons. The Balaban J connectivity index is 1.80. The standard InChI is InChI=1S/C13H13N5S/c1-17(10-4-5-10)13-16-18-11(8-15-12(18)19-13)9-3-2-6-14-7-9/h2-3,6-8,10H,4-5H2,1H3. The lowest BCUT2D eigenvalue weighted by atomic mass is 10.2. The summed E-state index contributed by atoms with van der Waals surface area (Å²) in [5, 5.41) is 5.72. The first-order chi connectivity index (χ1) is 9.33. The number of fused-ring (bicyclic) bond motifs is 1. The first kappa shape index (κ1) is 10.9. The number of aromatic nitrogens is 4. The van der Waals surface area contributed by atoms with Gasteiger partial charge in [0.15, 0.2) is 0 Å². The summed E-state index contributed by atoms with van der Waals surface area (Å²) in [6.45, 7) is 0. The summed E-state index contributed by atoms with van der Waals surface area (Å²) in [5.41, 5.74) is 2.04. The molecule has 3 aromatic rings. The predicted molar refractivity (Wildman–Crippen MR) is 75.5 cm³/mol. The molecule has 0 aromatic carbocycles. The lowest BCUT2D eigenvalue weighted by Crippen LogP contribution is -2.19. The first-order valence-corrected chi connectivity index (χ1v) is 7.12. The van der Waals surface area contributed by atoms with Gasteiger partial charge in [-0.2, -0.15) is 0 Å². The number of imidazole rings is 1. The quantitative estimate of drug-likeness (QED) is 0.734. The Bertz CT molecular complexity index is 713. The molecular formula is C13H13N5S. The Hall–Kier alpha value is -1.95. The molecule has 1 fully saturated rings. The molecule has 1 aliphatic carbocycles. The number of hydrogen-bond donors (Lipinski definition) is 0. The summed E-state index contributed by atoms with van der Waals surface area (Å²) in [4.78, 5) is 11.8. The van der Waals surface area contributed by atoms with Gasteiger partial charge >= 0.3 is 0 Å². The lowest BCUT2D eigenvalue weighted by molar-refractivity contribution is 0.868. The number of nitrogens with zero attached hydrogens (tertiary/aromatic N) is 5. The second-order valence-electron chi connectivity index (χ2n) is 4.81. The van der Waals surface area contributed by atoms with Gasteiger partial charge in [-0.15, -0.1) is 5.10 Å². The molecule has 0 N–H and O–H groups in total. The highest BCUT2D eigenvalue weighted by Crippen LogP contribution is 2.33. The van der Waals surface area contributed by atoms with Crippen molar-refractivity contribution in [2.75, 3.05) is 11.9 Å². The molecule has 0 radical (unpaired) electrons. The Labute approximate surface area is 114 Å². The van der Waals surface area contributed by atoms with E-state index in [0.29, 0.717) is 6.04 Å². The number of pyridine rings is 1. The van der Waals surface area contributed by atoms with Crippen molar-refractivity contribution in [1.29, 1.82) is 0 Å². The van der Waals surface area contributed by atoms with Gasteiger partial charge < -0.3 is 4.90 Å². The van der Waals surface area contributed by atoms with E-state index in [9.17, 15) is 0 Å². The maximum absolute atomic E-state index is 4.68. The van der Waals surface area contributed by atoms with Crippen LogP contribution in [0.15, 0.2) is 30.7 Å². The predicted octanol–water partition coefficient (Wildman–Crippen LogP) is 2.45. The molecule has 1 saturated carbocycles. The fourth-order valence-electron chi connectivity index (χ4n) is 2.15. The summed E-state index contributed by atoms with van der Waals surface area (Å²) in [5.74, 6) is 0. The molecule has 5 nitrogen and oxygen atoms in total. The fourth-order valence-corrected chi connectivity index (χ4v) is 3.06. The first-order valence-electron chi connectivity index (χ1n) is 6.31. The fraction of sp³-hybridized carbons (Fsp3) is 0.308. The van der Waals surface area contributed by atoms with Gasteiger partial charge in [-0.1, -0.05) is 11.3 Å². The molecule has 1 aliphatic rings. The summed E-state index contributed by atoms with van der Waals surface area (Å²) in [6.07, 6.45) is 8.01. The second-order valence-corrected chi connectivity index (χ2v) is 5.74. The Morgan fingerprint density at radius 1 is 1.37 bits per heavy atom. The molecule has 0 amide bonds. The third-order valence-electron chi connectivity index (χ3n) is 3.43. The van der Waals surface area contributed by atoms with Crippen LogP contribution in [0.3, 0.4) is 0 Å². The van der Waals surface area contributed by atoms with Crippen LogP contribution in [0.25, 0.3) is 16.2 Å². The molecule has 3 heterocycles. The minimum absolute atomic E-state index is 0.665. The van der Waals surface area contributed by atoms with Crippen LogP contribution < -0.4 is 4.90 Å². The minimum atomic E-state index is 0.665. The van der Waals surface area contributed by atoms with Crippen LogP contribution in [-0.4, -0.2) is 32.7 Å². The van der Waals surface area contributed by atoms with Crippen molar-refractivity contribution in [3.63, 3.8) is 0 Å². The van der Waals surface area contributed by atoms with E-state index in [1.165, 1.54) is 12.8 Å². The topological polar surface area (TPSA) is 46.3 Å². The van der Waals surface area contributed by atoms with Crippen LogP contribution in [0.1, 0.15) is 12.8 Å². The van der Waals surface area contributed by atoms with Crippen molar-refractivity contribution in [3.8, 4) is 11.3 Å². The number of hydrogen-bond acceptors (Lipinski definition) is 5. The van der Waals surface area contributed by atoms with Crippen molar-refractivity contribution in [3.05, 3.63) is 30.7 Å². The number of anilines is 1. The largest absolute Gasteiger partial charge is 0.347 e. The van der Waals surface area contributed by atoms with Crippen LogP contribution in [-0.2, 0) is 0 Å². The zero-order chi connectivity index (χ0) is 12.8. The Morgan fingerprint density at radius 2 is 2.26 bits per heavy atom. The van der Waals surface area contributed by atoms with Gasteiger partial charge in [0.2, 0.25) is 10.1 Å². The highest BCUT2D eigenvalue weighted by Gasteiger charge is 2.28. The van der Waals surface area contributed by atoms with Gasteiger partial charge in [-0.05, 0) is 25.0 Å². The lowest BCUT2D eigenvalue weighted by Gasteiger charge is -2.12. The van der Waals surface area contributed by atoms with Gasteiger partial charge in [0.1, 0.15) is 0 Å². The Morgan fingerprint density at radius 3 is 3.00 bits per heavy atom. The van der Waals surface area contributed by atoms with E-state index in [2.05, 4.69) is 27.0 Å². The van der Waals surface area contributed by atoms with E-state index in [0.717, 1.165) is 21.3 Å². The van der Waals surface area contributed by atoms with E-state index >= 15 is 0 Å². The van der Waals surface area contributed by atoms with Gasteiger partial charge in [-0.25, -0.2) is 9.50 Å². The summed E-state index contributed by atoms with van der Waals surface area (Å²) in [7, 11) is 2.11. The molecule has 19 heavy (non-hydrogen) atoms. The van der Waals surface area contributed by atoms with Gasteiger partial charge in [0.05, 0.1) is 11.9 Å². The molecule has 0 saturated heterocycles. The van der Waals surface area contributed by atoms with Crippen LogP contribution in [0.4, 0.5) is 5.13 Å². The van der Waals surface area contributed by atoms with E-state index in [-0.39, 0.29) is 0 Å². The van der Waals surface area contributed by atoms with Crippen molar-refractivity contribution in [2.45, 2.75) is 18.9 Å². The van der Waals surface area contributed by atoms with Crippen LogP contribution in [0.2, 0.25) is 0 Å².